The molecule has 1 amide bonds. The third-order valence-electron chi connectivity index (χ3n) is 2.62. The van der Waals surface area contributed by atoms with Crippen molar-refractivity contribution in [2.45, 2.75) is 11.8 Å². The molecule has 2 aromatic rings. The highest BCUT2D eigenvalue weighted by Gasteiger charge is 2.16. The summed E-state index contributed by atoms with van der Waals surface area (Å²) in [5.41, 5.74) is 0.789. The normalized spacial score (nSPS) is 12.1. The van der Waals surface area contributed by atoms with Crippen LogP contribution < -0.4 is 5.32 Å². The zero-order valence-electron chi connectivity index (χ0n) is 10.6. The summed E-state index contributed by atoms with van der Waals surface area (Å²) in [6, 6.07) is 9.26. The molecule has 0 radical (unpaired) electrons. The van der Waals surface area contributed by atoms with Gasteiger partial charge in [-0.15, -0.1) is 11.6 Å². The Morgan fingerprint density at radius 3 is 2.79 bits per heavy atom. The first kappa shape index (κ1) is 13.5. The van der Waals surface area contributed by atoms with Gasteiger partial charge in [-0.2, -0.15) is 5.10 Å². The van der Waals surface area contributed by atoms with Gasteiger partial charge in [-0.3, -0.25) is 9.48 Å². The summed E-state index contributed by atoms with van der Waals surface area (Å²) >= 11 is 6.10. The molecule has 6 heteroatoms. The number of halogens is 1. The van der Waals surface area contributed by atoms with Gasteiger partial charge in [0, 0.05) is 20.0 Å². The Balaban J connectivity index is 1.81. The van der Waals surface area contributed by atoms with Crippen LogP contribution in [0.2, 0.25) is 0 Å². The number of amides is 1. The summed E-state index contributed by atoms with van der Waals surface area (Å²) in [5.74, 6) is 0.498. The summed E-state index contributed by atoms with van der Waals surface area (Å²) in [6.07, 6.45) is 2.22. The van der Waals surface area contributed by atoms with Crippen molar-refractivity contribution in [3.8, 4) is 0 Å². The Hall–Kier alpha value is -1.88. The van der Waals surface area contributed by atoms with Gasteiger partial charge in [-0.1, -0.05) is 30.3 Å². The molecule has 1 aromatic heterocycles. The molecule has 1 unspecified atom stereocenters. The lowest BCUT2D eigenvalue weighted by atomic mass is 10.1. The summed E-state index contributed by atoms with van der Waals surface area (Å²) in [4.78, 5) is 15.9. The molecule has 0 aliphatic heterocycles. The quantitative estimate of drug-likeness (QED) is 0.842. The Morgan fingerprint density at radius 2 is 2.16 bits per heavy atom. The molecule has 0 aliphatic carbocycles. The lowest BCUT2D eigenvalue weighted by Gasteiger charge is -2.09. The molecule has 5 nitrogen and oxygen atoms in total. The van der Waals surface area contributed by atoms with E-state index in [0.717, 1.165) is 5.56 Å². The van der Waals surface area contributed by atoms with E-state index >= 15 is 0 Å². The van der Waals surface area contributed by atoms with Crippen LogP contribution >= 0.6 is 11.6 Å². The van der Waals surface area contributed by atoms with Crippen molar-refractivity contribution >= 4 is 17.5 Å². The molecule has 0 aliphatic rings. The minimum atomic E-state index is -0.669. The number of carbonyl (C=O) groups is 1. The molecule has 1 aromatic carbocycles. The summed E-state index contributed by atoms with van der Waals surface area (Å²) in [7, 11) is 1.80. The van der Waals surface area contributed by atoms with Gasteiger partial charge in [0.15, 0.2) is 5.82 Å². The van der Waals surface area contributed by atoms with E-state index in [9.17, 15) is 4.79 Å². The standard InChI is InChI=1S/C13H15ClN4O/c1-18-9-16-11(17-18)7-8-15-13(19)12(14)10-5-3-2-4-6-10/h2-6,9,12H,7-8H2,1H3,(H,15,19). The summed E-state index contributed by atoms with van der Waals surface area (Å²) in [6.45, 7) is 0.471. The van der Waals surface area contributed by atoms with E-state index < -0.39 is 5.38 Å². The SMILES string of the molecule is Cn1cnc(CCNC(=O)C(Cl)c2ccccc2)n1. The topological polar surface area (TPSA) is 59.8 Å². The highest BCUT2D eigenvalue weighted by Crippen LogP contribution is 2.19. The number of carbonyl (C=O) groups excluding carboxylic acids is 1. The highest BCUT2D eigenvalue weighted by molar-refractivity contribution is 6.30. The van der Waals surface area contributed by atoms with Crippen molar-refractivity contribution in [3.05, 3.63) is 48.0 Å². The first-order valence-electron chi connectivity index (χ1n) is 5.98. The summed E-state index contributed by atoms with van der Waals surface area (Å²) < 4.78 is 1.63. The van der Waals surface area contributed by atoms with E-state index in [1.165, 1.54) is 0 Å². The predicted octanol–water partition coefficient (Wildman–Crippen LogP) is 1.45. The molecular weight excluding hydrogens is 264 g/mol. The second-order valence-electron chi connectivity index (χ2n) is 4.15. The maximum Gasteiger partial charge on any atom is 0.242 e. The van der Waals surface area contributed by atoms with E-state index in [4.69, 9.17) is 11.6 Å². The second-order valence-corrected chi connectivity index (χ2v) is 4.59. The minimum absolute atomic E-state index is 0.205. The predicted molar refractivity (Wildman–Crippen MR) is 72.8 cm³/mol. The number of hydrogen-bond donors (Lipinski definition) is 1. The number of aryl methyl sites for hydroxylation is 1. The highest BCUT2D eigenvalue weighted by atomic mass is 35.5. The average molecular weight is 279 g/mol. The van der Waals surface area contributed by atoms with E-state index in [0.29, 0.717) is 18.8 Å². The maximum atomic E-state index is 11.8. The van der Waals surface area contributed by atoms with E-state index in [-0.39, 0.29) is 5.91 Å². The Morgan fingerprint density at radius 1 is 1.42 bits per heavy atom. The van der Waals surface area contributed by atoms with Crippen molar-refractivity contribution in [2.24, 2.45) is 7.05 Å². The van der Waals surface area contributed by atoms with Crippen LogP contribution in [0.15, 0.2) is 36.7 Å². The smallest absolute Gasteiger partial charge is 0.242 e. The lowest BCUT2D eigenvalue weighted by molar-refractivity contribution is -0.120. The second kappa shape index (κ2) is 6.33. The number of nitrogens with one attached hydrogen (secondary N) is 1. The minimum Gasteiger partial charge on any atom is -0.354 e. The average Bonchev–Trinajstić information content (AvgIpc) is 2.84. The van der Waals surface area contributed by atoms with E-state index in [2.05, 4.69) is 15.4 Å². The van der Waals surface area contributed by atoms with Gasteiger partial charge in [-0.05, 0) is 5.56 Å². The number of aromatic nitrogens is 3. The van der Waals surface area contributed by atoms with Gasteiger partial charge >= 0.3 is 0 Å². The molecule has 1 heterocycles. The van der Waals surface area contributed by atoms with Gasteiger partial charge < -0.3 is 5.32 Å². The van der Waals surface area contributed by atoms with Crippen LogP contribution in [0.5, 0.6) is 0 Å². The van der Waals surface area contributed by atoms with Crippen molar-refractivity contribution < 1.29 is 4.79 Å². The molecule has 0 spiro atoms. The Kier molecular flexibility index (Phi) is 4.52. The largest absolute Gasteiger partial charge is 0.354 e. The van der Waals surface area contributed by atoms with Crippen LogP contribution in [0.25, 0.3) is 0 Å². The fraction of sp³-hybridized carbons (Fsp3) is 0.308. The van der Waals surface area contributed by atoms with Crippen molar-refractivity contribution in [1.29, 1.82) is 0 Å². The monoisotopic (exact) mass is 278 g/mol. The Bertz CT molecular complexity index is 541. The van der Waals surface area contributed by atoms with Gasteiger partial charge in [-0.25, -0.2) is 4.98 Å². The molecule has 0 saturated carbocycles. The first-order chi connectivity index (χ1) is 9.16. The van der Waals surface area contributed by atoms with Crippen LogP contribution in [-0.4, -0.2) is 27.2 Å². The molecule has 0 bridgehead atoms. The number of benzene rings is 1. The number of rotatable bonds is 5. The van der Waals surface area contributed by atoms with Crippen LogP contribution in [0, 0.1) is 0 Å². The number of nitrogens with zero attached hydrogens (tertiary/aromatic N) is 3. The number of alkyl halides is 1. The number of hydrogen-bond acceptors (Lipinski definition) is 3. The summed E-state index contributed by atoms with van der Waals surface area (Å²) in [5, 5.41) is 6.24. The van der Waals surface area contributed by atoms with Crippen LogP contribution in [0.1, 0.15) is 16.8 Å². The third kappa shape index (κ3) is 3.79. The molecule has 1 N–H and O–H groups in total. The zero-order chi connectivity index (χ0) is 13.7. The molecular formula is C13H15ClN4O. The van der Waals surface area contributed by atoms with Gasteiger partial charge in [0.1, 0.15) is 11.7 Å². The van der Waals surface area contributed by atoms with Gasteiger partial charge in [0.05, 0.1) is 0 Å². The fourth-order valence-corrected chi connectivity index (χ4v) is 1.88. The Labute approximate surface area is 116 Å². The van der Waals surface area contributed by atoms with E-state index in [1.807, 2.05) is 30.3 Å². The van der Waals surface area contributed by atoms with Crippen molar-refractivity contribution in [3.63, 3.8) is 0 Å². The lowest BCUT2D eigenvalue weighted by Crippen LogP contribution is -2.29. The van der Waals surface area contributed by atoms with Crippen LogP contribution in [0.4, 0.5) is 0 Å². The zero-order valence-corrected chi connectivity index (χ0v) is 11.3. The van der Waals surface area contributed by atoms with Crippen LogP contribution in [-0.2, 0) is 18.3 Å². The molecule has 0 saturated heterocycles. The van der Waals surface area contributed by atoms with E-state index in [1.54, 1.807) is 18.1 Å². The first-order valence-corrected chi connectivity index (χ1v) is 6.41. The maximum absolute atomic E-state index is 11.8. The van der Waals surface area contributed by atoms with Gasteiger partial charge in [0.25, 0.3) is 0 Å². The van der Waals surface area contributed by atoms with Crippen LogP contribution in [0.3, 0.4) is 0 Å². The molecule has 1 atom stereocenters. The molecule has 0 fully saturated rings. The van der Waals surface area contributed by atoms with Crippen molar-refractivity contribution in [2.75, 3.05) is 6.54 Å². The molecule has 100 valence electrons. The molecule has 2 rings (SSSR count). The van der Waals surface area contributed by atoms with Gasteiger partial charge in [0.2, 0.25) is 5.91 Å². The molecule has 19 heavy (non-hydrogen) atoms. The fourth-order valence-electron chi connectivity index (χ4n) is 1.66. The van der Waals surface area contributed by atoms with Crippen molar-refractivity contribution in [1.82, 2.24) is 20.1 Å². The third-order valence-corrected chi connectivity index (χ3v) is 3.07.